The fourth-order valence-electron chi connectivity index (χ4n) is 0.727. The van der Waals surface area contributed by atoms with Crippen molar-refractivity contribution in [2.75, 3.05) is 6.61 Å². The summed E-state index contributed by atoms with van der Waals surface area (Å²) >= 11 is 0. The van der Waals surface area contributed by atoms with Gasteiger partial charge in [-0.25, -0.2) is 9.78 Å². The summed E-state index contributed by atoms with van der Waals surface area (Å²) in [6, 6.07) is 0. The van der Waals surface area contributed by atoms with Crippen LogP contribution in [0.3, 0.4) is 0 Å². The Morgan fingerprint density at radius 3 is 2.77 bits per heavy atom. The number of carbonyl (C=O) groups is 1. The lowest BCUT2D eigenvalue weighted by Gasteiger charge is -2.17. The Morgan fingerprint density at radius 2 is 2.31 bits per heavy atom. The summed E-state index contributed by atoms with van der Waals surface area (Å²) in [6.07, 6.45) is 2.90. The predicted molar refractivity (Wildman–Crippen MR) is 48.3 cm³/mol. The fourth-order valence-corrected chi connectivity index (χ4v) is 0.727. The van der Waals surface area contributed by atoms with E-state index in [1.165, 1.54) is 12.5 Å². The Labute approximate surface area is 77.3 Å². The predicted octanol–water partition coefficient (Wildman–Crippen LogP) is 1.61. The zero-order valence-corrected chi connectivity index (χ0v) is 8.13. The Balaban J connectivity index is 2.44. The Bertz CT molecular complexity index is 272. The van der Waals surface area contributed by atoms with Gasteiger partial charge in [-0.2, -0.15) is 0 Å². The van der Waals surface area contributed by atoms with E-state index in [0.717, 1.165) is 0 Å². The van der Waals surface area contributed by atoms with E-state index in [1.54, 1.807) is 0 Å². The van der Waals surface area contributed by atoms with Crippen molar-refractivity contribution in [3.63, 3.8) is 0 Å². The van der Waals surface area contributed by atoms with Crippen LogP contribution >= 0.6 is 0 Å². The van der Waals surface area contributed by atoms with Crippen molar-refractivity contribution in [3.05, 3.63) is 18.2 Å². The number of hydrogen-bond donors (Lipinski definition) is 1. The number of aromatic nitrogens is 2. The lowest BCUT2D eigenvalue weighted by Crippen LogP contribution is -2.18. The first kappa shape index (κ1) is 9.77. The molecule has 1 aromatic heterocycles. The highest BCUT2D eigenvalue weighted by atomic mass is 16.5. The minimum atomic E-state index is -0.354. The molecule has 1 rings (SSSR count). The summed E-state index contributed by atoms with van der Waals surface area (Å²) in [5.41, 5.74) is 0.389. The van der Waals surface area contributed by atoms with E-state index in [1.807, 2.05) is 20.8 Å². The van der Waals surface area contributed by atoms with Crippen LogP contribution in [-0.4, -0.2) is 22.5 Å². The number of esters is 1. The molecule has 0 spiro atoms. The molecule has 4 heteroatoms. The van der Waals surface area contributed by atoms with Crippen LogP contribution in [0.25, 0.3) is 0 Å². The van der Waals surface area contributed by atoms with Gasteiger partial charge in [-0.05, 0) is 5.41 Å². The van der Waals surface area contributed by atoms with Gasteiger partial charge in [0, 0.05) is 0 Å². The Hall–Kier alpha value is -1.32. The molecule has 0 saturated heterocycles. The Morgan fingerprint density at radius 1 is 1.62 bits per heavy atom. The molecule has 1 aromatic rings. The van der Waals surface area contributed by atoms with Crippen LogP contribution in [-0.2, 0) is 4.74 Å². The van der Waals surface area contributed by atoms with Gasteiger partial charge >= 0.3 is 5.97 Å². The second kappa shape index (κ2) is 3.60. The molecule has 0 fully saturated rings. The topological polar surface area (TPSA) is 55.0 Å². The average Bonchev–Trinajstić information content (AvgIpc) is 2.50. The van der Waals surface area contributed by atoms with Crippen LogP contribution < -0.4 is 0 Å². The van der Waals surface area contributed by atoms with Crippen LogP contribution in [0.2, 0.25) is 0 Å². The zero-order valence-electron chi connectivity index (χ0n) is 8.13. The van der Waals surface area contributed by atoms with Crippen LogP contribution in [0.5, 0.6) is 0 Å². The largest absolute Gasteiger partial charge is 0.460 e. The molecule has 13 heavy (non-hydrogen) atoms. The van der Waals surface area contributed by atoms with Crippen molar-refractivity contribution in [1.29, 1.82) is 0 Å². The average molecular weight is 182 g/mol. The van der Waals surface area contributed by atoms with E-state index >= 15 is 0 Å². The van der Waals surface area contributed by atoms with E-state index < -0.39 is 0 Å². The molecule has 0 aliphatic rings. The third-order valence-electron chi connectivity index (χ3n) is 1.35. The first-order chi connectivity index (χ1) is 5.99. The highest BCUT2D eigenvalue weighted by molar-refractivity contribution is 5.86. The summed E-state index contributed by atoms with van der Waals surface area (Å²) < 4.78 is 5.04. The van der Waals surface area contributed by atoms with Crippen molar-refractivity contribution in [2.45, 2.75) is 20.8 Å². The van der Waals surface area contributed by atoms with Gasteiger partial charge in [-0.1, -0.05) is 20.8 Å². The number of carbonyl (C=O) groups excluding carboxylic acids is 1. The summed E-state index contributed by atoms with van der Waals surface area (Å²) in [6.45, 7) is 6.43. The number of nitrogens with one attached hydrogen (secondary N) is 1. The fraction of sp³-hybridized carbons (Fsp3) is 0.556. The van der Waals surface area contributed by atoms with Gasteiger partial charge in [0.05, 0.1) is 19.1 Å². The molecular weight excluding hydrogens is 168 g/mol. The van der Waals surface area contributed by atoms with Crippen LogP contribution in [0.4, 0.5) is 0 Å². The summed E-state index contributed by atoms with van der Waals surface area (Å²) in [5, 5.41) is 0. The normalized spacial score (nSPS) is 11.3. The number of hydrogen-bond acceptors (Lipinski definition) is 3. The van der Waals surface area contributed by atoms with Gasteiger partial charge in [0.25, 0.3) is 0 Å². The molecule has 1 heterocycles. The molecule has 0 aliphatic heterocycles. The van der Waals surface area contributed by atoms with E-state index in [2.05, 4.69) is 9.97 Å². The second-order valence-corrected chi connectivity index (χ2v) is 4.10. The van der Waals surface area contributed by atoms with Gasteiger partial charge in [0.15, 0.2) is 0 Å². The smallest absolute Gasteiger partial charge is 0.356 e. The summed E-state index contributed by atoms with van der Waals surface area (Å²) in [7, 11) is 0. The maximum atomic E-state index is 11.3. The molecule has 0 amide bonds. The highest BCUT2D eigenvalue weighted by Crippen LogP contribution is 2.13. The lowest BCUT2D eigenvalue weighted by atomic mass is 9.99. The van der Waals surface area contributed by atoms with Crippen LogP contribution in [0.15, 0.2) is 12.5 Å². The summed E-state index contributed by atoms with van der Waals surface area (Å²) in [4.78, 5) is 17.7. The van der Waals surface area contributed by atoms with Crippen molar-refractivity contribution in [2.24, 2.45) is 5.41 Å². The quantitative estimate of drug-likeness (QED) is 0.707. The SMILES string of the molecule is CC(C)(C)COC(=O)c1cnc[nH]1. The molecule has 0 radical (unpaired) electrons. The first-order valence-corrected chi connectivity index (χ1v) is 4.14. The van der Waals surface area contributed by atoms with E-state index in [9.17, 15) is 4.79 Å². The highest BCUT2D eigenvalue weighted by Gasteiger charge is 2.15. The van der Waals surface area contributed by atoms with E-state index in [4.69, 9.17) is 4.74 Å². The van der Waals surface area contributed by atoms with Crippen molar-refractivity contribution in [1.82, 2.24) is 9.97 Å². The molecule has 0 saturated carbocycles. The molecule has 0 atom stereocenters. The molecule has 0 aromatic carbocycles. The standard InChI is InChI=1S/C9H14N2O2/c1-9(2,3)5-13-8(12)7-4-10-6-11-7/h4,6H,5H2,1-3H3,(H,10,11). The third-order valence-corrected chi connectivity index (χ3v) is 1.35. The van der Waals surface area contributed by atoms with Gasteiger partial charge in [0.1, 0.15) is 5.69 Å². The maximum absolute atomic E-state index is 11.3. The second-order valence-electron chi connectivity index (χ2n) is 4.10. The molecule has 0 bridgehead atoms. The zero-order chi connectivity index (χ0) is 9.90. The molecule has 0 aliphatic carbocycles. The van der Waals surface area contributed by atoms with Crippen molar-refractivity contribution >= 4 is 5.97 Å². The maximum Gasteiger partial charge on any atom is 0.356 e. The first-order valence-electron chi connectivity index (χ1n) is 4.14. The van der Waals surface area contributed by atoms with Gasteiger partial charge < -0.3 is 9.72 Å². The monoisotopic (exact) mass is 182 g/mol. The number of ether oxygens (including phenoxy) is 1. The van der Waals surface area contributed by atoms with Gasteiger partial charge in [0.2, 0.25) is 0 Å². The number of aromatic amines is 1. The summed E-state index contributed by atoms with van der Waals surface area (Å²) in [5.74, 6) is -0.354. The number of nitrogens with zero attached hydrogens (tertiary/aromatic N) is 1. The van der Waals surface area contributed by atoms with Crippen LogP contribution in [0, 0.1) is 5.41 Å². The number of H-pyrrole nitrogens is 1. The van der Waals surface area contributed by atoms with Crippen LogP contribution in [0.1, 0.15) is 31.3 Å². The molecular formula is C9H14N2O2. The third kappa shape index (κ3) is 3.27. The number of rotatable bonds is 2. The lowest BCUT2D eigenvalue weighted by molar-refractivity contribution is 0.0361. The van der Waals surface area contributed by atoms with E-state index in [0.29, 0.717) is 12.3 Å². The molecule has 72 valence electrons. The van der Waals surface area contributed by atoms with Gasteiger partial charge in [-0.3, -0.25) is 0 Å². The van der Waals surface area contributed by atoms with Crippen molar-refractivity contribution in [3.8, 4) is 0 Å². The number of imidazole rings is 1. The minimum Gasteiger partial charge on any atom is -0.460 e. The van der Waals surface area contributed by atoms with Gasteiger partial charge in [-0.15, -0.1) is 0 Å². The Kier molecular flexibility index (Phi) is 2.70. The molecule has 4 nitrogen and oxygen atoms in total. The molecule has 1 N–H and O–H groups in total. The van der Waals surface area contributed by atoms with Crippen molar-refractivity contribution < 1.29 is 9.53 Å². The molecule has 0 unspecified atom stereocenters. The van der Waals surface area contributed by atoms with E-state index in [-0.39, 0.29) is 11.4 Å². The minimum absolute atomic E-state index is 0.00428.